The minimum atomic E-state index is -3.03. The maximum absolute atomic E-state index is 11.6. The number of aromatic amines is 1. The fourth-order valence-electron chi connectivity index (χ4n) is 1.66. The van der Waals surface area contributed by atoms with E-state index in [0.29, 0.717) is 6.42 Å². The molecule has 1 aliphatic rings. The number of carbonyl (C=O) groups is 1. The molecular formula is C9H11N3O4S. The lowest BCUT2D eigenvalue weighted by molar-refractivity contribution is 0.0936. The van der Waals surface area contributed by atoms with E-state index in [-0.39, 0.29) is 17.2 Å². The van der Waals surface area contributed by atoms with E-state index in [0.717, 1.165) is 12.4 Å². The lowest BCUT2D eigenvalue weighted by Crippen LogP contribution is -2.36. The summed E-state index contributed by atoms with van der Waals surface area (Å²) in [7, 11) is -3.03. The first-order valence-corrected chi connectivity index (χ1v) is 6.84. The second kappa shape index (κ2) is 4.28. The van der Waals surface area contributed by atoms with Crippen molar-refractivity contribution in [2.75, 3.05) is 11.5 Å². The maximum atomic E-state index is 11.6. The second-order valence-corrected chi connectivity index (χ2v) is 6.10. The molecule has 2 rings (SSSR count). The van der Waals surface area contributed by atoms with Gasteiger partial charge in [-0.2, -0.15) is 0 Å². The van der Waals surface area contributed by atoms with E-state index in [1.54, 1.807) is 0 Å². The Balaban J connectivity index is 2.06. The number of hydrogen-bond acceptors (Lipinski definition) is 5. The smallest absolute Gasteiger partial charge is 0.270 e. The first kappa shape index (κ1) is 11.8. The third-order valence-electron chi connectivity index (χ3n) is 2.48. The van der Waals surface area contributed by atoms with Crippen LogP contribution in [0.1, 0.15) is 16.9 Å². The minimum absolute atomic E-state index is 0.0157. The van der Waals surface area contributed by atoms with Gasteiger partial charge in [0.2, 0.25) is 0 Å². The van der Waals surface area contributed by atoms with Crippen LogP contribution in [-0.2, 0) is 9.84 Å². The van der Waals surface area contributed by atoms with Crippen molar-refractivity contribution in [2.24, 2.45) is 0 Å². The predicted octanol–water partition coefficient (Wildman–Crippen LogP) is -1.31. The molecule has 92 valence electrons. The number of carbonyl (C=O) groups excluding carboxylic acids is 1. The molecule has 0 aromatic carbocycles. The molecule has 1 aliphatic heterocycles. The molecule has 17 heavy (non-hydrogen) atoms. The molecule has 1 aromatic rings. The van der Waals surface area contributed by atoms with Crippen LogP contribution in [0.2, 0.25) is 0 Å². The van der Waals surface area contributed by atoms with Gasteiger partial charge in [0.1, 0.15) is 5.69 Å². The number of rotatable bonds is 2. The van der Waals surface area contributed by atoms with Gasteiger partial charge in [-0.05, 0) is 6.42 Å². The Morgan fingerprint density at radius 2 is 2.29 bits per heavy atom. The van der Waals surface area contributed by atoms with E-state index in [2.05, 4.69) is 15.3 Å². The van der Waals surface area contributed by atoms with Crippen LogP contribution in [0, 0.1) is 0 Å². The molecule has 1 unspecified atom stereocenters. The first-order valence-electron chi connectivity index (χ1n) is 5.02. The van der Waals surface area contributed by atoms with Crippen molar-refractivity contribution in [3.05, 3.63) is 28.4 Å². The molecule has 8 heteroatoms. The molecule has 1 aromatic heterocycles. The standard InChI is InChI=1S/C9H11N3O4S/c13-8-3-7(10-5-11-8)9(14)12-6-1-2-17(15,16)4-6/h3,5-6H,1-2,4H2,(H,12,14)(H,10,11,13). The summed E-state index contributed by atoms with van der Waals surface area (Å²) in [6.07, 6.45) is 1.53. The van der Waals surface area contributed by atoms with Crippen molar-refractivity contribution in [3.63, 3.8) is 0 Å². The molecule has 1 atom stereocenters. The average Bonchev–Trinajstić information content (AvgIpc) is 2.58. The summed E-state index contributed by atoms with van der Waals surface area (Å²) in [5.41, 5.74) is -0.442. The van der Waals surface area contributed by atoms with Crippen molar-refractivity contribution in [1.29, 1.82) is 0 Å². The normalized spacial score (nSPS) is 22.2. The topological polar surface area (TPSA) is 109 Å². The van der Waals surface area contributed by atoms with Crippen LogP contribution in [0.25, 0.3) is 0 Å². The third kappa shape index (κ3) is 2.90. The Hall–Kier alpha value is -1.70. The highest BCUT2D eigenvalue weighted by Gasteiger charge is 2.29. The van der Waals surface area contributed by atoms with Gasteiger partial charge in [0.15, 0.2) is 9.84 Å². The van der Waals surface area contributed by atoms with Gasteiger partial charge < -0.3 is 10.3 Å². The van der Waals surface area contributed by atoms with E-state index in [9.17, 15) is 18.0 Å². The zero-order chi connectivity index (χ0) is 12.5. The zero-order valence-electron chi connectivity index (χ0n) is 8.84. The molecule has 0 radical (unpaired) electrons. The number of H-pyrrole nitrogens is 1. The Labute approximate surface area is 97.2 Å². The van der Waals surface area contributed by atoms with Crippen LogP contribution in [-0.4, -0.2) is 41.8 Å². The highest BCUT2D eigenvalue weighted by molar-refractivity contribution is 7.91. The number of sulfone groups is 1. The molecule has 2 heterocycles. The summed E-state index contributed by atoms with van der Waals surface area (Å²) < 4.78 is 22.4. The summed E-state index contributed by atoms with van der Waals surface area (Å²) in [6.45, 7) is 0. The largest absolute Gasteiger partial charge is 0.347 e. The van der Waals surface area contributed by atoms with Crippen molar-refractivity contribution in [1.82, 2.24) is 15.3 Å². The number of amides is 1. The van der Waals surface area contributed by atoms with Crippen LogP contribution >= 0.6 is 0 Å². The molecule has 1 saturated heterocycles. The summed E-state index contributed by atoms with van der Waals surface area (Å²) in [6, 6.07) is 0.673. The van der Waals surface area contributed by atoms with Crippen LogP contribution in [0.4, 0.5) is 0 Å². The number of aromatic nitrogens is 2. The van der Waals surface area contributed by atoms with E-state index < -0.39 is 27.3 Å². The highest BCUT2D eigenvalue weighted by atomic mass is 32.2. The number of hydrogen-bond donors (Lipinski definition) is 2. The van der Waals surface area contributed by atoms with Crippen LogP contribution in [0.3, 0.4) is 0 Å². The van der Waals surface area contributed by atoms with Gasteiger partial charge in [0, 0.05) is 12.1 Å². The monoisotopic (exact) mass is 257 g/mol. The SMILES string of the molecule is O=C(NC1CCS(=O)(=O)C1)c1cc(=O)[nH]cn1. The van der Waals surface area contributed by atoms with Gasteiger partial charge in [0.25, 0.3) is 11.5 Å². The molecule has 0 saturated carbocycles. The molecule has 0 bridgehead atoms. The Bertz CT molecular complexity index is 592. The van der Waals surface area contributed by atoms with Gasteiger partial charge in [-0.15, -0.1) is 0 Å². The van der Waals surface area contributed by atoms with Gasteiger partial charge in [-0.1, -0.05) is 0 Å². The molecule has 0 spiro atoms. The lowest BCUT2D eigenvalue weighted by atomic mass is 10.2. The Morgan fingerprint density at radius 3 is 2.88 bits per heavy atom. The zero-order valence-corrected chi connectivity index (χ0v) is 9.66. The summed E-state index contributed by atoms with van der Waals surface area (Å²) >= 11 is 0. The van der Waals surface area contributed by atoms with Gasteiger partial charge in [0.05, 0.1) is 17.8 Å². The minimum Gasteiger partial charge on any atom is -0.347 e. The van der Waals surface area contributed by atoms with E-state index in [4.69, 9.17) is 0 Å². The van der Waals surface area contributed by atoms with Gasteiger partial charge >= 0.3 is 0 Å². The molecule has 0 aliphatic carbocycles. The fraction of sp³-hybridized carbons (Fsp3) is 0.444. The Kier molecular flexibility index (Phi) is 2.97. The molecule has 1 amide bonds. The van der Waals surface area contributed by atoms with Crippen molar-refractivity contribution in [2.45, 2.75) is 12.5 Å². The first-order chi connectivity index (χ1) is 7.96. The summed E-state index contributed by atoms with van der Waals surface area (Å²) in [4.78, 5) is 28.6. The van der Waals surface area contributed by atoms with Gasteiger partial charge in [-0.25, -0.2) is 13.4 Å². The predicted molar refractivity (Wildman–Crippen MR) is 59.4 cm³/mol. The lowest BCUT2D eigenvalue weighted by Gasteiger charge is -2.09. The van der Waals surface area contributed by atoms with E-state index in [1.807, 2.05) is 0 Å². The summed E-state index contributed by atoms with van der Waals surface area (Å²) in [5.74, 6) is -0.499. The molecule has 1 fully saturated rings. The maximum Gasteiger partial charge on any atom is 0.270 e. The van der Waals surface area contributed by atoms with Crippen molar-refractivity contribution >= 4 is 15.7 Å². The van der Waals surface area contributed by atoms with Gasteiger partial charge in [-0.3, -0.25) is 9.59 Å². The second-order valence-electron chi connectivity index (χ2n) is 3.87. The number of nitrogens with one attached hydrogen (secondary N) is 2. The summed E-state index contributed by atoms with van der Waals surface area (Å²) in [5, 5.41) is 2.54. The van der Waals surface area contributed by atoms with Crippen LogP contribution < -0.4 is 10.9 Å². The number of nitrogens with zero attached hydrogens (tertiary/aromatic N) is 1. The van der Waals surface area contributed by atoms with Crippen molar-refractivity contribution < 1.29 is 13.2 Å². The molecule has 2 N–H and O–H groups in total. The Morgan fingerprint density at radius 1 is 1.53 bits per heavy atom. The molecular weight excluding hydrogens is 246 g/mol. The van der Waals surface area contributed by atoms with Crippen LogP contribution in [0.5, 0.6) is 0 Å². The van der Waals surface area contributed by atoms with E-state index in [1.165, 1.54) is 0 Å². The fourth-order valence-corrected chi connectivity index (χ4v) is 3.33. The third-order valence-corrected chi connectivity index (χ3v) is 4.25. The van der Waals surface area contributed by atoms with Crippen molar-refractivity contribution in [3.8, 4) is 0 Å². The highest BCUT2D eigenvalue weighted by Crippen LogP contribution is 2.11. The van der Waals surface area contributed by atoms with Crippen LogP contribution in [0.15, 0.2) is 17.2 Å². The van der Waals surface area contributed by atoms with E-state index >= 15 is 0 Å². The average molecular weight is 257 g/mol. The quantitative estimate of drug-likeness (QED) is 0.683. The molecule has 7 nitrogen and oxygen atoms in total.